The van der Waals surface area contributed by atoms with Crippen molar-refractivity contribution in [2.45, 2.75) is 13.3 Å². The molecule has 1 aromatic carbocycles. The van der Waals surface area contributed by atoms with E-state index < -0.39 is 0 Å². The average Bonchev–Trinajstić information content (AvgIpc) is 2.15. The van der Waals surface area contributed by atoms with Crippen LogP contribution in [-0.2, 0) is 6.42 Å². The molecular formula is C10H15NO. The third-order valence-electron chi connectivity index (χ3n) is 1.73. The zero-order valence-corrected chi connectivity index (χ0v) is 7.42. The van der Waals surface area contributed by atoms with Crippen molar-refractivity contribution in [1.82, 2.24) is 0 Å². The smallest absolute Gasteiger partial charge is 0.122 e. The first-order valence-electron chi connectivity index (χ1n) is 4.29. The van der Waals surface area contributed by atoms with Gasteiger partial charge in [0, 0.05) is 6.54 Å². The molecule has 0 amide bonds. The molecule has 0 radical (unpaired) electrons. The molecule has 0 aliphatic carbocycles. The number of hydrogen-bond acceptors (Lipinski definition) is 2. The van der Waals surface area contributed by atoms with Gasteiger partial charge < -0.3 is 10.5 Å². The largest absolute Gasteiger partial charge is 0.492 e. The maximum absolute atomic E-state index is 5.45. The van der Waals surface area contributed by atoms with Crippen molar-refractivity contribution in [2.75, 3.05) is 13.2 Å². The fraction of sp³-hybridized carbons (Fsp3) is 0.400. The lowest BCUT2D eigenvalue weighted by Gasteiger charge is -2.08. The second kappa shape index (κ2) is 4.78. The molecule has 2 N–H and O–H groups in total. The van der Waals surface area contributed by atoms with Gasteiger partial charge in [-0.25, -0.2) is 0 Å². The van der Waals surface area contributed by atoms with Gasteiger partial charge in [-0.15, -0.1) is 0 Å². The molecule has 66 valence electrons. The molecule has 1 aromatic rings. The number of nitrogens with two attached hydrogens (primary N) is 1. The molecule has 12 heavy (non-hydrogen) atoms. The highest BCUT2D eigenvalue weighted by atomic mass is 16.5. The standard InChI is InChI=1S/C10H15NO/c1-2-9-5-3-4-6-10(9)12-8-7-11/h3-6H,2,7-8,11H2,1H3. The van der Waals surface area contributed by atoms with Crippen molar-refractivity contribution >= 4 is 0 Å². The molecule has 2 heteroatoms. The average molecular weight is 165 g/mol. The number of aryl methyl sites for hydroxylation is 1. The van der Waals surface area contributed by atoms with E-state index in [0.717, 1.165) is 12.2 Å². The highest BCUT2D eigenvalue weighted by molar-refractivity contribution is 5.33. The molecule has 1 rings (SSSR count). The van der Waals surface area contributed by atoms with Gasteiger partial charge in [0.25, 0.3) is 0 Å². The summed E-state index contributed by atoms with van der Waals surface area (Å²) in [4.78, 5) is 0. The second-order valence-corrected chi connectivity index (χ2v) is 2.60. The molecule has 0 spiro atoms. The van der Waals surface area contributed by atoms with Crippen LogP contribution in [0.25, 0.3) is 0 Å². The first-order valence-corrected chi connectivity index (χ1v) is 4.29. The first-order chi connectivity index (χ1) is 5.88. The van der Waals surface area contributed by atoms with E-state index in [-0.39, 0.29) is 0 Å². The Labute approximate surface area is 73.3 Å². The number of hydrogen-bond donors (Lipinski definition) is 1. The van der Waals surface area contributed by atoms with E-state index in [1.165, 1.54) is 5.56 Å². The fourth-order valence-corrected chi connectivity index (χ4v) is 1.11. The number of benzene rings is 1. The van der Waals surface area contributed by atoms with Gasteiger partial charge in [-0.3, -0.25) is 0 Å². The third-order valence-corrected chi connectivity index (χ3v) is 1.73. The maximum atomic E-state index is 5.45. The number of para-hydroxylation sites is 1. The second-order valence-electron chi connectivity index (χ2n) is 2.60. The highest BCUT2D eigenvalue weighted by Gasteiger charge is 1.98. The lowest BCUT2D eigenvalue weighted by atomic mass is 10.1. The minimum atomic E-state index is 0.568. The summed E-state index contributed by atoms with van der Waals surface area (Å²) in [6, 6.07) is 8.06. The van der Waals surface area contributed by atoms with Crippen molar-refractivity contribution in [3.63, 3.8) is 0 Å². The summed E-state index contributed by atoms with van der Waals surface area (Å²) in [7, 11) is 0. The number of ether oxygens (including phenoxy) is 1. The van der Waals surface area contributed by atoms with Gasteiger partial charge in [-0.05, 0) is 18.1 Å². The van der Waals surface area contributed by atoms with Gasteiger partial charge in [0.1, 0.15) is 12.4 Å². The van der Waals surface area contributed by atoms with E-state index in [1.54, 1.807) is 0 Å². The number of rotatable bonds is 4. The van der Waals surface area contributed by atoms with Crippen molar-refractivity contribution in [3.05, 3.63) is 29.8 Å². The lowest BCUT2D eigenvalue weighted by molar-refractivity contribution is 0.325. The topological polar surface area (TPSA) is 35.2 Å². The summed E-state index contributed by atoms with van der Waals surface area (Å²) in [5, 5.41) is 0. The third kappa shape index (κ3) is 2.24. The molecule has 2 nitrogen and oxygen atoms in total. The summed E-state index contributed by atoms with van der Waals surface area (Å²) in [5.74, 6) is 0.963. The van der Waals surface area contributed by atoms with Crippen LogP contribution in [0.4, 0.5) is 0 Å². The molecule has 0 heterocycles. The summed E-state index contributed by atoms with van der Waals surface area (Å²) < 4.78 is 5.45. The zero-order valence-electron chi connectivity index (χ0n) is 7.42. The Morgan fingerprint density at radius 3 is 2.75 bits per heavy atom. The SMILES string of the molecule is CCc1ccccc1OCCN. The van der Waals surface area contributed by atoms with Gasteiger partial charge in [-0.1, -0.05) is 25.1 Å². The molecule has 0 fully saturated rings. The Morgan fingerprint density at radius 2 is 2.08 bits per heavy atom. The Hall–Kier alpha value is -1.02. The normalized spacial score (nSPS) is 9.83. The Kier molecular flexibility index (Phi) is 3.61. The zero-order chi connectivity index (χ0) is 8.81. The van der Waals surface area contributed by atoms with E-state index in [2.05, 4.69) is 13.0 Å². The van der Waals surface area contributed by atoms with E-state index in [4.69, 9.17) is 10.5 Å². The van der Waals surface area contributed by atoms with Crippen LogP contribution in [0.15, 0.2) is 24.3 Å². The van der Waals surface area contributed by atoms with Crippen molar-refractivity contribution < 1.29 is 4.74 Å². The van der Waals surface area contributed by atoms with E-state index >= 15 is 0 Å². The monoisotopic (exact) mass is 165 g/mol. The fourth-order valence-electron chi connectivity index (χ4n) is 1.11. The van der Waals surface area contributed by atoms with Crippen LogP contribution >= 0.6 is 0 Å². The lowest BCUT2D eigenvalue weighted by Crippen LogP contribution is -2.11. The quantitative estimate of drug-likeness (QED) is 0.735. The molecule has 0 saturated carbocycles. The molecule has 0 bridgehead atoms. The summed E-state index contributed by atoms with van der Waals surface area (Å²) >= 11 is 0. The molecule has 0 unspecified atom stereocenters. The van der Waals surface area contributed by atoms with Gasteiger partial charge in [0.2, 0.25) is 0 Å². The first kappa shape index (κ1) is 9.07. The van der Waals surface area contributed by atoms with Crippen LogP contribution in [0.1, 0.15) is 12.5 Å². The predicted molar refractivity (Wildman–Crippen MR) is 50.4 cm³/mol. The minimum absolute atomic E-state index is 0.568. The maximum Gasteiger partial charge on any atom is 0.122 e. The van der Waals surface area contributed by atoms with Crippen molar-refractivity contribution in [3.8, 4) is 5.75 Å². The molecule has 0 saturated heterocycles. The molecule has 0 aliphatic rings. The summed E-state index contributed by atoms with van der Waals surface area (Å²) in [6.45, 7) is 3.28. The van der Waals surface area contributed by atoms with Gasteiger partial charge >= 0.3 is 0 Å². The Balaban J connectivity index is 2.68. The molecule has 0 aromatic heterocycles. The van der Waals surface area contributed by atoms with Crippen LogP contribution in [0.3, 0.4) is 0 Å². The van der Waals surface area contributed by atoms with Gasteiger partial charge in [0.15, 0.2) is 0 Å². The van der Waals surface area contributed by atoms with Crippen LogP contribution in [0.5, 0.6) is 5.75 Å². The highest BCUT2D eigenvalue weighted by Crippen LogP contribution is 2.17. The summed E-state index contributed by atoms with van der Waals surface area (Å²) in [5.41, 5.74) is 6.58. The summed E-state index contributed by atoms with van der Waals surface area (Å²) in [6.07, 6.45) is 1.00. The predicted octanol–water partition coefficient (Wildman–Crippen LogP) is 1.59. The van der Waals surface area contributed by atoms with Gasteiger partial charge in [0.05, 0.1) is 0 Å². The molecular weight excluding hydrogens is 150 g/mol. The van der Waals surface area contributed by atoms with E-state index in [1.807, 2.05) is 18.2 Å². The minimum Gasteiger partial charge on any atom is -0.492 e. The van der Waals surface area contributed by atoms with Gasteiger partial charge in [-0.2, -0.15) is 0 Å². The molecule has 0 atom stereocenters. The Bertz CT molecular complexity index is 235. The van der Waals surface area contributed by atoms with Crippen LogP contribution in [0.2, 0.25) is 0 Å². The van der Waals surface area contributed by atoms with Crippen LogP contribution < -0.4 is 10.5 Å². The van der Waals surface area contributed by atoms with Crippen LogP contribution in [0, 0.1) is 0 Å². The molecule has 0 aliphatic heterocycles. The van der Waals surface area contributed by atoms with E-state index in [0.29, 0.717) is 13.2 Å². The van der Waals surface area contributed by atoms with E-state index in [9.17, 15) is 0 Å². The van der Waals surface area contributed by atoms with Crippen molar-refractivity contribution in [2.24, 2.45) is 5.73 Å². The Morgan fingerprint density at radius 1 is 1.33 bits per heavy atom. The van der Waals surface area contributed by atoms with Crippen LogP contribution in [-0.4, -0.2) is 13.2 Å². The van der Waals surface area contributed by atoms with Crippen molar-refractivity contribution in [1.29, 1.82) is 0 Å².